The third-order valence-corrected chi connectivity index (χ3v) is 1.99. The second-order valence-electron chi connectivity index (χ2n) is 3.59. The van der Waals surface area contributed by atoms with Gasteiger partial charge >= 0.3 is 5.97 Å². The first-order chi connectivity index (χ1) is 7.58. The van der Waals surface area contributed by atoms with Crippen LogP contribution in [-0.4, -0.2) is 17.2 Å². The highest BCUT2D eigenvalue weighted by atomic mass is 16.7. The van der Waals surface area contributed by atoms with Crippen LogP contribution in [0.4, 0.5) is 0 Å². The fourth-order valence-corrected chi connectivity index (χ4v) is 0.985. The van der Waals surface area contributed by atoms with Crippen LogP contribution in [-0.2, 0) is 9.63 Å². The Morgan fingerprint density at radius 2 is 1.88 bits per heavy atom. The number of hydrogen-bond donors (Lipinski definition) is 1. The molecular weight excluding hydrogens is 210 g/mol. The van der Waals surface area contributed by atoms with Crippen molar-refractivity contribution < 1.29 is 14.7 Å². The molecule has 0 aliphatic heterocycles. The van der Waals surface area contributed by atoms with Gasteiger partial charge in [0.25, 0.3) is 0 Å². The van der Waals surface area contributed by atoms with Crippen molar-refractivity contribution in [1.29, 1.82) is 0 Å². The number of nitrogens with zero attached hydrogens (tertiary/aromatic N) is 1. The van der Waals surface area contributed by atoms with E-state index in [9.17, 15) is 9.70 Å². The van der Waals surface area contributed by atoms with Crippen molar-refractivity contribution in [2.45, 2.75) is 65.4 Å². The number of carboxylic acids is 1. The minimum Gasteiger partial charge on any atom is -0.481 e. The van der Waals surface area contributed by atoms with E-state index in [0.29, 0.717) is 0 Å². The van der Waals surface area contributed by atoms with Crippen LogP contribution in [0, 0.1) is 4.91 Å². The molecule has 0 aliphatic rings. The van der Waals surface area contributed by atoms with Gasteiger partial charge in [-0.2, -0.15) is 0 Å². The van der Waals surface area contributed by atoms with Crippen LogP contribution < -0.4 is 0 Å². The normalized spacial score (nSPS) is 10.9. The summed E-state index contributed by atoms with van der Waals surface area (Å²) in [5, 5.41) is 10.1. The fourth-order valence-electron chi connectivity index (χ4n) is 0.985. The summed E-state index contributed by atoms with van der Waals surface area (Å²) in [6.07, 6.45) is 6.01. The molecule has 0 aromatic heterocycles. The molecular formula is C11H23NO4. The van der Waals surface area contributed by atoms with Crippen molar-refractivity contribution in [3.05, 3.63) is 4.91 Å². The molecule has 1 N–H and O–H groups in total. The maximum Gasteiger partial charge on any atom is 0.303 e. The lowest BCUT2D eigenvalue weighted by Crippen LogP contribution is -2.02. The van der Waals surface area contributed by atoms with E-state index in [1.165, 1.54) is 19.3 Å². The number of carboxylic acid groups (broad SMARTS) is 1. The summed E-state index contributed by atoms with van der Waals surface area (Å²) in [5.41, 5.74) is 0. The summed E-state index contributed by atoms with van der Waals surface area (Å²) in [4.78, 5) is 23.5. The Morgan fingerprint density at radius 3 is 2.25 bits per heavy atom. The highest BCUT2D eigenvalue weighted by Crippen LogP contribution is 2.07. The molecule has 5 nitrogen and oxygen atoms in total. The zero-order chi connectivity index (χ0) is 12.8. The van der Waals surface area contributed by atoms with Gasteiger partial charge in [-0.1, -0.05) is 33.1 Å². The van der Waals surface area contributed by atoms with Crippen molar-refractivity contribution in [3.8, 4) is 0 Å². The molecule has 1 atom stereocenters. The van der Waals surface area contributed by atoms with E-state index in [1.54, 1.807) is 6.92 Å². The Kier molecular flexibility index (Phi) is 15.0. The topological polar surface area (TPSA) is 76.0 Å². The smallest absolute Gasteiger partial charge is 0.303 e. The Hall–Kier alpha value is -1.13. The average molecular weight is 233 g/mol. The number of unbranched alkanes of at least 4 members (excludes halogenated alkanes) is 3. The van der Waals surface area contributed by atoms with Gasteiger partial charge in [-0.15, -0.1) is 4.91 Å². The maximum absolute atomic E-state index is 9.63. The first-order valence-electron chi connectivity index (χ1n) is 5.78. The lowest BCUT2D eigenvalue weighted by molar-refractivity contribution is -0.136. The van der Waals surface area contributed by atoms with E-state index >= 15 is 0 Å². The summed E-state index contributed by atoms with van der Waals surface area (Å²) in [5.74, 6) is -0.745. The Bertz CT molecular complexity index is 173. The van der Waals surface area contributed by atoms with Crippen molar-refractivity contribution >= 4 is 5.97 Å². The molecule has 1 unspecified atom stereocenters. The minimum absolute atomic E-state index is 0.00986. The van der Waals surface area contributed by atoms with E-state index in [4.69, 9.17) is 5.11 Å². The Balaban J connectivity index is 0. The third kappa shape index (κ3) is 18.6. The lowest BCUT2D eigenvalue weighted by atomic mass is 10.1. The molecule has 0 spiro atoms. The largest absolute Gasteiger partial charge is 0.481 e. The van der Waals surface area contributed by atoms with Gasteiger partial charge in [0.05, 0.1) is 0 Å². The van der Waals surface area contributed by atoms with Crippen LogP contribution in [0.3, 0.4) is 0 Å². The predicted molar refractivity (Wildman–Crippen MR) is 63.0 cm³/mol. The van der Waals surface area contributed by atoms with E-state index in [0.717, 1.165) is 12.8 Å². The number of aliphatic carboxylic acids is 1. The SMILES string of the molecule is CCC(=O)O.CCCCCCC(C)ON=O. The van der Waals surface area contributed by atoms with Crippen LogP contribution in [0.25, 0.3) is 0 Å². The summed E-state index contributed by atoms with van der Waals surface area (Å²) >= 11 is 0. The monoisotopic (exact) mass is 233 g/mol. The van der Waals surface area contributed by atoms with E-state index in [1.807, 2.05) is 6.92 Å². The van der Waals surface area contributed by atoms with Gasteiger partial charge in [0.15, 0.2) is 5.34 Å². The molecule has 0 radical (unpaired) electrons. The van der Waals surface area contributed by atoms with Gasteiger partial charge < -0.3 is 9.94 Å². The van der Waals surface area contributed by atoms with Gasteiger partial charge in [-0.05, 0) is 19.8 Å². The fraction of sp³-hybridized carbons (Fsp3) is 0.909. The van der Waals surface area contributed by atoms with Gasteiger partial charge in [0, 0.05) is 6.42 Å². The summed E-state index contributed by atoms with van der Waals surface area (Å²) in [6.45, 7) is 5.64. The first kappa shape index (κ1) is 17.3. The van der Waals surface area contributed by atoms with Crippen LogP contribution in [0.2, 0.25) is 0 Å². The summed E-state index contributed by atoms with van der Waals surface area (Å²) in [7, 11) is 0. The number of carbonyl (C=O) groups is 1. The van der Waals surface area contributed by atoms with Crippen molar-refractivity contribution in [3.63, 3.8) is 0 Å². The highest BCUT2D eigenvalue weighted by molar-refractivity contribution is 5.66. The van der Waals surface area contributed by atoms with E-state index in [-0.39, 0.29) is 12.5 Å². The van der Waals surface area contributed by atoms with Gasteiger partial charge in [0.1, 0.15) is 6.10 Å². The third-order valence-electron chi connectivity index (χ3n) is 1.99. The molecule has 0 saturated carbocycles. The molecule has 0 aromatic rings. The van der Waals surface area contributed by atoms with Crippen molar-refractivity contribution in [2.24, 2.45) is 5.34 Å². The zero-order valence-corrected chi connectivity index (χ0v) is 10.4. The molecule has 0 aromatic carbocycles. The number of hydrogen-bond acceptors (Lipinski definition) is 4. The molecule has 0 saturated heterocycles. The van der Waals surface area contributed by atoms with E-state index in [2.05, 4.69) is 17.1 Å². The molecule has 5 heteroatoms. The standard InChI is InChI=1S/C8H17NO2.C3H6O2/c1-3-4-5-6-7-8(2)11-9-10;1-2-3(4)5/h8H,3-7H2,1-2H3;2H2,1H3,(H,4,5). The molecule has 16 heavy (non-hydrogen) atoms. The molecule has 0 rings (SSSR count). The summed E-state index contributed by atoms with van der Waals surface area (Å²) < 4.78 is 0. The molecule has 0 bridgehead atoms. The van der Waals surface area contributed by atoms with Gasteiger partial charge in [-0.3, -0.25) is 4.79 Å². The summed E-state index contributed by atoms with van der Waals surface area (Å²) in [6, 6.07) is 0. The highest BCUT2D eigenvalue weighted by Gasteiger charge is 2.00. The second-order valence-corrected chi connectivity index (χ2v) is 3.59. The zero-order valence-electron chi connectivity index (χ0n) is 10.4. The van der Waals surface area contributed by atoms with Crippen molar-refractivity contribution in [2.75, 3.05) is 0 Å². The van der Waals surface area contributed by atoms with Crippen LogP contribution >= 0.6 is 0 Å². The first-order valence-corrected chi connectivity index (χ1v) is 5.78. The minimum atomic E-state index is -0.745. The van der Waals surface area contributed by atoms with Crippen LogP contribution in [0.5, 0.6) is 0 Å². The van der Waals surface area contributed by atoms with Gasteiger partial charge in [-0.25, -0.2) is 0 Å². The molecule has 0 aliphatic carbocycles. The number of rotatable bonds is 8. The predicted octanol–water partition coefficient (Wildman–Crippen LogP) is 3.52. The molecule has 0 heterocycles. The van der Waals surface area contributed by atoms with Crippen LogP contribution in [0.1, 0.15) is 59.3 Å². The average Bonchev–Trinajstić information content (AvgIpc) is 2.26. The quantitative estimate of drug-likeness (QED) is 0.395. The molecule has 0 amide bonds. The Labute approximate surface area is 97.1 Å². The van der Waals surface area contributed by atoms with Crippen molar-refractivity contribution in [1.82, 2.24) is 0 Å². The lowest BCUT2D eigenvalue weighted by Gasteiger charge is -2.05. The van der Waals surface area contributed by atoms with E-state index < -0.39 is 5.97 Å². The van der Waals surface area contributed by atoms with Crippen LogP contribution in [0.15, 0.2) is 5.34 Å². The van der Waals surface area contributed by atoms with Gasteiger partial charge in [0.2, 0.25) is 0 Å². The maximum atomic E-state index is 9.63. The molecule has 96 valence electrons. The molecule has 0 fully saturated rings. The Morgan fingerprint density at radius 1 is 1.31 bits per heavy atom. The second kappa shape index (κ2) is 13.9.